The number of aliphatic hydroxyl groups excluding tert-OH is 1. The molecule has 0 unspecified atom stereocenters. The first kappa shape index (κ1) is 19.8. The van der Waals surface area contributed by atoms with Crippen molar-refractivity contribution in [3.63, 3.8) is 0 Å². The summed E-state index contributed by atoms with van der Waals surface area (Å²) in [4.78, 5) is 26.5. The van der Waals surface area contributed by atoms with Crippen LogP contribution in [0, 0.1) is 6.92 Å². The predicted molar refractivity (Wildman–Crippen MR) is 109 cm³/mol. The van der Waals surface area contributed by atoms with Crippen molar-refractivity contribution in [2.45, 2.75) is 45.8 Å². The number of carbonyl (C=O) groups is 1. The lowest BCUT2D eigenvalue weighted by Gasteiger charge is -2.30. The van der Waals surface area contributed by atoms with E-state index in [4.69, 9.17) is 5.11 Å². The molecule has 9 heteroatoms. The smallest absolute Gasteiger partial charge is 0.273 e. The first-order valence-corrected chi connectivity index (χ1v) is 10.3. The largest absolute Gasteiger partial charge is 0.394 e. The predicted octanol–water partition coefficient (Wildman–Crippen LogP) is 0.810. The number of aryl methyl sites for hydroxylation is 1. The number of anilines is 1. The van der Waals surface area contributed by atoms with Gasteiger partial charge in [0.25, 0.3) is 5.91 Å². The van der Waals surface area contributed by atoms with E-state index in [1.54, 1.807) is 11.7 Å². The number of nitrogens with zero attached hydrogens (tertiary/aromatic N) is 6. The maximum atomic E-state index is 13.1. The monoisotopic (exact) mass is 399 g/mol. The lowest BCUT2D eigenvalue weighted by Crippen LogP contribution is -2.36. The molecule has 2 aliphatic heterocycles. The molecule has 156 valence electrons. The standard InChI is InChI=1S/C20H29N7O2/c1-14-15(12-27(24-14)9-10-28)11-25-8-5-17-16(13-25)18(23-20(21-2)22-17)19(29)26-6-3-4-7-26/h12,28H,3-11,13H2,1-2H3,(H,21,22,23). The first-order valence-electron chi connectivity index (χ1n) is 10.3. The van der Waals surface area contributed by atoms with Gasteiger partial charge in [0, 0.05) is 63.5 Å². The summed E-state index contributed by atoms with van der Waals surface area (Å²) in [7, 11) is 1.79. The highest BCUT2D eigenvalue weighted by molar-refractivity contribution is 5.94. The van der Waals surface area contributed by atoms with Crippen molar-refractivity contribution in [1.82, 2.24) is 29.5 Å². The molecule has 0 atom stereocenters. The molecule has 0 radical (unpaired) electrons. The van der Waals surface area contributed by atoms with E-state index in [9.17, 15) is 4.79 Å². The molecule has 4 heterocycles. The molecule has 2 aromatic rings. The Labute approximate surface area is 170 Å². The average Bonchev–Trinajstić information content (AvgIpc) is 3.37. The number of hydrogen-bond donors (Lipinski definition) is 2. The van der Waals surface area contributed by atoms with Crippen LogP contribution in [-0.4, -0.2) is 73.9 Å². The van der Waals surface area contributed by atoms with Crippen LogP contribution in [0.2, 0.25) is 0 Å². The topological polar surface area (TPSA) is 99.4 Å². The van der Waals surface area contributed by atoms with Crippen molar-refractivity contribution < 1.29 is 9.90 Å². The zero-order valence-corrected chi connectivity index (χ0v) is 17.2. The van der Waals surface area contributed by atoms with Crippen molar-refractivity contribution in [2.75, 3.05) is 38.6 Å². The number of rotatable bonds is 6. The highest BCUT2D eigenvalue weighted by Crippen LogP contribution is 2.25. The van der Waals surface area contributed by atoms with Gasteiger partial charge in [-0.3, -0.25) is 14.4 Å². The molecule has 2 aliphatic rings. The third-order valence-corrected chi connectivity index (χ3v) is 5.73. The van der Waals surface area contributed by atoms with Gasteiger partial charge in [0.1, 0.15) is 5.69 Å². The SMILES string of the molecule is CNc1nc2c(c(C(=O)N3CCCC3)n1)CN(Cc1cn(CCO)nc1C)CC2. The third kappa shape index (κ3) is 4.11. The molecule has 0 aromatic carbocycles. The van der Waals surface area contributed by atoms with Gasteiger partial charge >= 0.3 is 0 Å². The summed E-state index contributed by atoms with van der Waals surface area (Å²) in [5.41, 5.74) is 4.57. The van der Waals surface area contributed by atoms with Crippen LogP contribution in [0.15, 0.2) is 6.20 Å². The number of amides is 1. The number of carbonyl (C=O) groups excluding carboxylic acids is 1. The fraction of sp³-hybridized carbons (Fsp3) is 0.600. The molecule has 9 nitrogen and oxygen atoms in total. The summed E-state index contributed by atoms with van der Waals surface area (Å²) in [6.45, 7) is 6.45. The maximum Gasteiger partial charge on any atom is 0.273 e. The van der Waals surface area contributed by atoms with E-state index < -0.39 is 0 Å². The van der Waals surface area contributed by atoms with Crippen LogP contribution in [-0.2, 0) is 26.1 Å². The summed E-state index contributed by atoms with van der Waals surface area (Å²) in [5, 5.41) is 16.6. The van der Waals surface area contributed by atoms with E-state index in [-0.39, 0.29) is 12.5 Å². The zero-order valence-electron chi connectivity index (χ0n) is 17.2. The zero-order chi connectivity index (χ0) is 20.4. The molecule has 4 rings (SSSR count). The second-order valence-electron chi connectivity index (χ2n) is 7.76. The minimum atomic E-state index is 0.0199. The van der Waals surface area contributed by atoms with Crippen molar-refractivity contribution >= 4 is 11.9 Å². The molecule has 29 heavy (non-hydrogen) atoms. The molecule has 2 aromatic heterocycles. The molecule has 2 N–H and O–H groups in total. The molecule has 1 fully saturated rings. The molecular formula is C20H29N7O2. The number of nitrogens with one attached hydrogen (secondary N) is 1. The Hall–Kier alpha value is -2.52. The van der Waals surface area contributed by atoms with E-state index in [0.717, 1.165) is 68.0 Å². The molecule has 1 amide bonds. The fourth-order valence-corrected chi connectivity index (χ4v) is 4.14. The highest BCUT2D eigenvalue weighted by atomic mass is 16.3. The summed E-state index contributed by atoms with van der Waals surface area (Å²) in [6.07, 6.45) is 4.90. The number of hydrogen-bond acceptors (Lipinski definition) is 7. The van der Waals surface area contributed by atoms with Crippen molar-refractivity contribution in [3.05, 3.63) is 34.4 Å². The Bertz CT molecular complexity index is 889. The normalized spacial score (nSPS) is 16.9. The van der Waals surface area contributed by atoms with Crippen LogP contribution in [0.3, 0.4) is 0 Å². The number of likely N-dealkylation sites (tertiary alicyclic amines) is 1. The number of aliphatic hydroxyl groups is 1. The van der Waals surface area contributed by atoms with E-state index in [2.05, 4.69) is 25.3 Å². The number of aromatic nitrogens is 4. The van der Waals surface area contributed by atoms with Gasteiger partial charge in [0.05, 0.1) is 24.5 Å². The van der Waals surface area contributed by atoms with Crippen LogP contribution in [0.25, 0.3) is 0 Å². The Morgan fingerprint density at radius 3 is 2.76 bits per heavy atom. The van der Waals surface area contributed by atoms with Gasteiger partial charge in [-0.15, -0.1) is 0 Å². The van der Waals surface area contributed by atoms with Crippen molar-refractivity contribution in [2.24, 2.45) is 0 Å². The van der Waals surface area contributed by atoms with Gasteiger partial charge in [0.2, 0.25) is 5.95 Å². The van der Waals surface area contributed by atoms with Crippen LogP contribution in [0.4, 0.5) is 5.95 Å². The van der Waals surface area contributed by atoms with Crippen LogP contribution in [0.1, 0.15) is 45.8 Å². The molecule has 0 aliphatic carbocycles. The van der Waals surface area contributed by atoms with Gasteiger partial charge in [-0.2, -0.15) is 5.10 Å². The fourth-order valence-electron chi connectivity index (χ4n) is 4.14. The molecule has 0 saturated carbocycles. The lowest BCUT2D eigenvalue weighted by molar-refractivity contribution is 0.0783. The number of fused-ring (bicyclic) bond motifs is 1. The third-order valence-electron chi connectivity index (χ3n) is 5.73. The van der Waals surface area contributed by atoms with Gasteiger partial charge in [-0.05, 0) is 19.8 Å². The molecule has 0 spiro atoms. The van der Waals surface area contributed by atoms with Gasteiger partial charge < -0.3 is 15.3 Å². The molecular weight excluding hydrogens is 370 g/mol. The maximum absolute atomic E-state index is 13.1. The summed E-state index contributed by atoms with van der Waals surface area (Å²) in [5.74, 6) is 0.535. The lowest BCUT2D eigenvalue weighted by atomic mass is 10.0. The van der Waals surface area contributed by atoms with Gasteiger partial charge in [-0.1, -0.05) is 0 Å². The van der Waals surface area contributed by atoms with E-state index in [0.29, 0.717) is 24.7 Å². The first-order chi connectivity index (χ1) is 14.1. The Kier molecular flexibility index (Phi) is 5.77. The van der Waals surface area contributed by atoms with Crippen LogP contribution < -0.4 is 5.32 Å². The molecule has 1 saturated heterocycles. The summed E-state index contributed by atoms with van der Waals surface area (Å²) >= 11 is 0. The Morgan fingerprint density at radius 1 is 1.24 bits per heavy atom. The minimum Gasteiger partial charge on any atom is -0.394 e. The average molecular weight is 399 g/mol. The molecule has 0 bridgehead atoms. The van der Waals surface area contributed by atoms with Gasteiger partial charge in [-0.25, -0.2) is 9.97 Å². The minimum absolute atomic E-state index is 0.0199. The highest BCUT2D eigenvalue weighted by Gasteiger charge is 2.29. The van der Waals surface area contributed by atoms with Crippen molar-refractivity contribution in [1.29, 1.82) is 0 Å². The Balaban J connectivity index is 1.58. The Morgan fingerprint density at radius 2 is 2.03 bits per heavy atom. The summed E-state index contributed by atoms with van der Waals surface area (Å²) in [6, 6.07) is 0. The van der Waals surface area contributed by atoms with E-state index in [1.807, 2.05) is 18.0 Å². The quantitative estimate of drug-likeness (QED) is 0.741. The van der Waals surface area contributed by atoms with Crippen LogP contribution in [0.5, 0.6) is 0 Å². The second kappa shape index (κ2) is 8.46. The van der Waals surface area contributed by atoms with E-state index >= 15 is 0 Å². The van der Waals surface area contributed by atoms with Gasteiger partial charge in [0.15, 0.2) is 0 Å². The summed E-state index contributed by atoms with van der Waals surface area (Å²) < 4.78 is 1.78. The van der Waals surface area contributed by atoms with Crippen molar-refractivity contribution in [3.8, 4) is 0 Å². The second-order valence-corrected chi connectivity index (χ2v) is 7.76. The van der Waals surface area contributed by atoms with Crippen LogP contribution >= 0.6 is 0 Å². The van der Waals surface area contributed by atoms with E-state index in [1.165, 1.54) is 0 Å².